The van der Waals surface area contributed by atoms with Crippen LogP contribution in [0.3, 0.4) is 0 Å². The molecule has 3 rings (SSSR count). The van der Waals surface area contributed by atoms with Crippen LogP contribution < -0.4 is 16.7 Å². The van der Waals surface area contributed by atoms with Crippen molar-refractivity contribution in [1.82, 2.24) is 24.9 Å². The van der Waals surface area contributed by atoms with Crippen LogP contribution in [0, 0.1) is 5.82 Å². The molecule has 0 saturated carbocycles. The number of hydrogen-bond donors (Lipinski definition) is 2. The van der Waals surface area contributed by atoms with Gasteiger partial charge in [0, 0.05) is 37.9 Å². The fourth-order valence-electron chi connectivity index (χ4n) is 2.74. The van der Waals surface area contributed by atoms with Gasteiger partial charge < -0.3 is 9.88 Å². The van der Waals surface area contributed by atoms with Gasteiger partial charge in [-0.15, -0.1) is 0 Å². The highest BCUT2D eigenvalue weighted by Gasteiger charge is 2.20. The molecule has 1 fully saturated rings. The molecule has 0 aliphatic carbocycles. The number of rotatable bonds is 4. The molecule has 0 unspecified atom stereocenters. The van der Waals surface area contributed by atoms with Gasteiger partial charge in [0.15, 0.2) is 0 Å². The Balaban J connectivity index is 1.83. The summed E-state index contributed by atoms with van der Waals surface area (Å²) in [5.74, 6) is -1.12. The fourth-order valence-corrected chi connectivity index (χ4v) is 2.74. The third-order valence-corrected chi connectivity index (χ3v) is 4.35. The highest BCUT2D eigenvalue weighted by atomic mass is 19.1. The Morgan fingerprint density at radius 2 is 1.88 bits per heavy atom. The quantitative estimate of drug-likeness (QED) is 0.775. The largest absolute Gasteiger partial charge is 0.328 e. The summed E-state index contributed by atoms with van der Waals surface area (Å²) in [6.45, 7) is 2.60. The molecule has 1 aliphatic heterocycles. The van der Waals surface area contributed by atoms with E-state index in [-0.39, 0.29) is 17.7 Å². The topological polar surface area (TPSA) is 90.4 Å². The predicted molar refractivity (Wildman–Crippen MR) is 93.4 cm³/mol. The van der Waals surface area contributed by atoms with E-state index in [0.717, 1.165) is 23.9 Å². The Morgan fingerprint density at radius 3 is 2.58 bits per heavy atom. The smallest absolute Gasteiger partial charge is 0.313 e. The van der Waals surface area contributed by atoms with Gasteiger partial charge in [-0.1, -0.05) is 18.2 Å². The van der Waals surface area contributed by atoms with Gasteiger partial charge in [-0.25, -0.2) is 14.2 Å². The molecule has 138 valence electrons. The number of amides is 1. The van der Waals surface area contributed by atoms with Crippen molar-refractivity contribution in [3.63, 3.8) is 0 Å². The van der Waals surface area contributed by atoms with Crippen molar-refractivity contribution in [3.8, 4) is 0 Å². The number of H-pyrrole nitrogens is 1. The molecule has 2 aromatic rings. The second kappa shape index (κ2) is 7.63. The van der Waals surface area contributed by atoms with Crippen molar-refractivity contribution >= 4 is 5.91 Å². The van der Waals surface area contributed by atoms with E-state index in [2.05, 4.69) is 15.3 Å². The number of nitrogens with one attached hydrogen (secondary N) is 2. The van der Waals surface area contributed by atoms with E-state index < -0.39 is 23.0 Å². The van der Waals surface area contributed by atoms with Gasteiger partial charge in [-0.3, -0.25) is 19.6 Å². The summed E-state index contributed by atoms with van der Waals surface area (Å²) in [6, 6.07) is 5.87. The predicted octanol–water partition coefficient (Wildman–Crippen LogP) is -0.384. The second-order valence-corrected chi connectivity index (χ2v) is 6.22. The van der Waals surface area contributed by atoms with Crippen LogP contribution in [0.15, 0.2) is 40.1 Å². The number of carbonyl (C=O) groups is 1. The maximum atomic E-state index is 13.8. The molecule has 1 saturated heterocycles. The Bertz CT molecular complexity index is 915. The van der Waals surface area contributed by atoms with Gasteiger partial charge in [-0.05, 0) is 13.1 Å². The van der Waals surface area contributed by atoms with Crippen LogP contribution >= 0.6 is 0 Å². The zero-order chi connectivity index (χ0) is 18.7. The number of likely N-dealkylation sites (N-methyl/N-ethyl adjacent to an activating group) is 1. The maximum Gasteiger partial charge on any atom is 0.328 e. The Morgan fingerprint density at radius 1 is 1.19 bits per heavy atom. The number of hydrogen-bond acceptors (Lipinski definition) is 5. The van der Waals surface area contributed by atoms with Crippen molar-refractivity contribution in [3.05, 3.63) is 68.2 Å². The molecular weight excluding hydrogens is 341 g/mol. The van der Waals surface area contributed by atoms with Crippen LogP contribution in [0.1, 0.15) is 15.9 Å². The highest BCUT2D eigenvalue weighted by molar-refractivity contribution is 5.93. The molecule has 0 atom stereocenters. The van der Waals surface area contributed by atoms with E-state index in [4.69, 9.17) is 0 Å². The standard InChI is InChI=1S/C17H20FN5O3/c1-21-6-8-22(9-7-21)20-15(24)13-10-19-17(26)23(16(13)25)11-12-4-2-3-5-14(12)18/h2-5,10H,6-9,11H2,1H3,(H,19,26)(H,20,24). The number of aromatic nitrogens is 2. The van der Waals surface area contributed by atoms with Crippen LogP contribution in [0.25, 0.3) is 0 Å². The molecule has 2 heterocycles. The SMILES string of the molecule is CN1CCN(NC(=O)c2c[nH]c(=O)n(Cc3ccccc3F)c2=O)CC1. The Kier molecular flexibility index (Phi) is 5.29. The normalized spacial score (nSPS) is 15.8. The number of hydrazine groups is 1. The zero-order valence-electron chi connectivity index (χ0n) is 14.4. The van der Waals surface area contributed by atoms with Crippen LogP contribution in [0.2, 0.25) is 0 Å². The first-order valence-electron chi connectivity index (χ1n) is 8.26. The molecule has 26 heavy (non-hydrogen) atoms. The summed E-state index contributed by atoms with van der Waals surface area (Å²) in [4.78, 5) is 41.5. The molecule has 0 bridgehead atoms. The van der Waals surface area contributed by atoms with Crippen molar-refractivity contribution in [2.75, 3.05) is 33.2 Å². The minimum atomic E-state index is -0.761. The van der Waals surface area contributed by atoms with E-state index in [1.807, 2.05) is 7.05 Å². The van der Waals surface area contributed by atoms with Gasteiger partial charge in [0.25, 0.3) is 11.5 Å². The van der Waals surface area contributed by atoms with Gasteiger partial charge in [0.05, 0.1) is 6.54 Å². The van der Waals surface area contributed by atoms with E-state index in [9.17, 15) is 18.8 Å². The van der Waals surface area contributed by atoms with Crippen molar-refractivity contribution in [1.29, 1.82) is 0 Å². The number of aromatic amines is 1. The fraction of sp³-hybridized carbons (Fsp3) is 0.353. The van der Waals surface area contributed by atoms with Crippen LogP contribution in [0.4, 0.5) is 4.39 Å². The number of piperazine rings is 1. The number of benzene rings is 1. The first-order valence-corrected chi connectivity index (χ1v) is 8.26. The molecule has 0 radical (unpaired) electrons. The first kappa shape index (κ1) is 18.0. The highest BCUT2D eigenvalue weighted by Crippen LogP contribution is 2.06. The summed E-state index contributed by atoms with van der Waals surface area (Å²) < 4.78 is 14.6. The van der Waals surface area contributed by atoms with Crippen molar-refractivity contribution in [2.24, 2.45) is 0 Å². The molecule has 1 aromatic heterocycles. The lowest BCUT2D eigenvalue weighted by Gasteiger charge is -2.32. The lowest BCUT2D eigenvalue weighted by Crippen LogP contribution is -2.53. The zero-order valence-corrected chi connectivity index (χ0v) is 14.4. The van der Waals surface area contributed by atoms with E-state index in [1.54, 1.807) is 11.1 Å². The summed E-state index contributed by atoms with van der Waals surface area (Å²) in [6.07, 6.45) is 1.09. The van der Waals surface area contributed by atoms with Crippen LogP contribution in [-0.4, -0.2) is 58.6 Å². The molecule has 9 heteroatoms. The first-order chi connectivity index (χ1) is 12.5. The molecule has 1 amide bonds. The molecule has 0 spiro atoms. The molecule has 8 nitrogen and oxygen atoms in total. The summed E-state index contributed by atoms with van der Waals surface area (Å²) in [7, 11) is 1.99. The number of carbonyl (C=O) groups excluding carboxylic acids is 1. The van der Waals surface area contributed by atoms with Crippen LogP contribution in [-0.2, 0) is 6.54 Å². The number of nitrogens with zero attached hydrogens (tertiary/aromatic N) is 3. The Labute approximate surface area is 148 Å². The molecule has 2 N–H and O–H groups in total. The van der Waals surface area contributed by atoms with Crippen LogP contribution in [0.5, 0.6) is 0 Å². The lowest BCUT2D eigenvalue weighted by atomic mass is 10.2. The third-order valence-electron chi connectivity index (χ3n) is 4.35. The van der Waals surface area contributed by atoms with E-state index in [1.165, 1.54) is 18.2 Å². The lowest BCUT2D eigenvalue weighted by molar-refractivity contribution is 0.0660. The average molecular weight is 361 g/mol. The second-order valence-electron chi connectivity index (χ2n) is 6.22. The van der Waals surface area contributed by atoms with Gasteiger partial charge >= 0.3 is 5.69 Å². The minimum absolute atomic E-state index is 0.191. The third kappa shape index (κ3) is 3.89. The van der Waals surface area contributed by atoms with Gasteiger partial charge in [0.1, 0.15) is 11.4 Å². The summed E-state index contributed by atoms with van der Waals surface area (Å²) in [5, 5.41) is 1.73. The maximum absolute atomic E-state index is 13.8. The minimum Gasteiger partial charge on any atom is -0.313 e. The van der Waals surface area contributed by atoms with E-state index >= 15 is 0 Å². The van der Waals surface area contributed by atoms with Crippen molar-refractivity contribution in [2.45, 2.75) is 6.54 Å². The molecule has 1 aromatic carbocycles. The van der Waals surface area contributed by atoms with E-state index in [0.29, 0.717) is 13.1 Å². The number of halogens is 1. The van der Waals surface area contributed by atoms with Gasteiger partial charge in [-0.2, -0.15) is 0 Å². The summed E-state index contributed by atoms with van der Waals surface area (Å²) >= 11 is 0. The van der Waals surface area contributed by atoms with Gasteiger partial charge in [0.2, 0.25) is 0 Å². The molecule has 1 aliphatic rings. The molecular formula is C17H20FN5O3. The average Bonchev–Trinajstić information content (AvgIpc) is 2.62. The summed E-state index contributed by atoms with van der Waals surface area (Å²) in [5.41, 5.74) is 1.21. The monoisotopic (exact) mass is 361 g/mol. The van der Waals surface area contributed by atoms with Crippen molar-refractivity contribution < 1.29 is 9.18 Å². The Hall–Kier alpha value is -2.78.